The van der Waals surface area contributed by atoms with Gasteiger partial charge in [-0.2, -0.15) is 0 Å². The Bertz CT molecular complexity index is 997. The van der Waals surface area contributed by atoms with Gasteiger partial charge in [0.1, 0.15) is 0 Å². The summed E-state index contributed by atoms with van der Waals surface area (Å²) in [5.74, 6) is -1.63. The van der Waals surface area contributed by atoms with Crippen molar-refractivity contribution in [1.29, 1.82) is 0 Å². The van der Waals surface area contributed by atoms with Gasteiger partial charge in [-0.25, -0.2) is 8.78 Å². The van der Waals surface area contributed by atoms with E-state index < -0.39 is 11.7 Å². The van der Waals surface area contributed by atoms with Crippen LogP contribution in [0, 0.1) is 0 Å². The van der Waals surface area contributed by atoms with Crippen LogP contribution in [0.3, 0.4) is 0 Å². The molecule has 0 bridgehead atoms. The monoisotopic (exact) mass is 390 g/mol. The lowest BCUT2D eigenvalue weighted by molar-refractivity contribution is 0.699. The van der Waals surface area contributed by atoms with Crippen LogP contribution in [-0.4, -0.2) is 0 Å². The van der Waals surface area contributed by atoms with Crippen LogP contribution in [0.25, 0.3) is 22.4 Å². The van der Waals surface area contributed by atoms with Crippen LogP contribution in [0.15, 0.2) is 73.3 Å². The van der Waals surface area contributed by atoms with E-state index in [0.29, 0.717) is 0 Å². The van der Waals surface area contributed by atoms with Gasteiger partial charge in [0.25, 0.3) is 0 Å². The quantitative estimate of drug-likeness (QED) is 0.195. The van der Waals surface area contributed by atoms with Crippen molar-refractivity contribution in [2.75, 3.05) is 0 Å². The maximum Gasteiger partial charge on any atom is 0.166 e. The van der Waals surface area contributed by atoms with Gasteiger partial charge in [0, 0.05) is 11.1 Å². The number of allylic oxidation sites excluding steroid dienone is 1. The van der Waals surface area contributed by atoms with Gasteiger partial charge >= 0.3 is 0 Å². The van der Waals surface area contributed by atoms with Crippen LogP contribution in [-0.2, 0) is 12.8 Å². The molecule has 0 aliphatic carbocycles. The SMILES string of the molecule is C=CCCc1ccc2cc(C(F)=C(F)c3ccc(CCCCC)cc3)ccc2c1. The smallest absolute Gasteiger partial charge is 0.166 e. The van der Waals surface area contributed by atoms with Crippen LogP contribution >= 0.6 is 0 Å². The van der Waals surface area contributed by atoms with Gasteiger partial charge in [-0.05, 0) is 53.6 Å². The third-order valence-corrected chi connectivity index (χ3v) is 5.26. The van der Waals surface area contributed by atoms with Gasteiger partial charge in [-0.3, -0.25) is 0 Å². The van der Waals surface area contributed by atoms with Crippen molar-refractivity contribution in [3.63, 3.8) is 0 Å². The van der Waals surface area contributed by atoms with E-state index in [0.717, 1.165) is 42.0 Å². The van der Waals surface area contributed by atoms with Crippen molar-refractivity contribution in [1.82, 2.24) is 0 Å². The van der Waals surface area contributed by atoms with Crippen LogP contribution < -0.4 is 0 Å². The van der Waals surface area contributed by atoms with E-state index in [4.69, 9.17) is 0 Å². The van der Waals surface area contributed by atoms with Crippen molar-refractivity contribution >= 4 is 22.4 Å². The van der Waals surface area contributed by atoms with E-state index in [1.807, 2.05) is 36.4 Å². The Hall–Kier alpha value is -2.74. The molecule has 150 valence electrons. The highest BCUT2D eigenvalue weighted by atomic mass is 19.2. The van der Waals surface area contributed by atoms with Gasteiger partial charge in [0.2, 0.25) is 0 Å². The first-order chi connectivity index (χ1) is 14.1. The summed E-state index contributed by atoms with van der Waals surface area (Å²) in [6, 6.07) is 18.4. The average molecular weight is 391 g/mol. The lowest BCUT2D eigenvalue weighted by Gasteiger charge is -2.07. The molecule has 0 aliphatic heterocycles. The minimum Gasteiger partial charge on any atom is -0.203 e. The minimum atomic E-state index is -0.818. The molecule has 0 saturated carbocycles. The first-order valence-corrected chi connectivity index (χ1v) is 10.4. The highest BCUT2D eigenvalue weighted by molar-refractivity contribution is 5.90. The molecular weight excluding hydrogens is 362 g/mol. The van der Waals surface area contributed by atoms with E-state index in [1.54, 1.807) is 24.3 Å². The molecule has 3 rings (SSSR count). The molecule has 2 heteroatoms. The molecule has 0 nitrogen and oxygen atoms in total. The van der Waals surface area contributed by atoms with Gasteiger partial charge in [-0.15, -0.1) is 6.58 Å². The fourth-order valence-corrected chi connectivity index (χ4v) is 3.51. The van der Waals surface area contributed by atoms with Gasteiger partial charge in [0.05, 0.1) is 0 Å². The second-order valence-corrected chi connectivity index (χ2v) is 7.51. The minimum absolute atomic E-state index is 0.265. The Labute approximate surface area is 172 Å². The van der Waals surface area contributed by atoms with Crippen LogP contribution in [0.5, 0.6) is 0 Å². The summed E-state index contributed by atoms with van der Waals surface area (Å²) in [5.41, 5.74) is 2.92. The predicted octanol–water partition coefficient (Wildman–Crippen LogP) is 8.46. The summed E-state index contributed by atoms with van der Waals surface area (Å²) < 4.78 is 29.6. The third kappa shape index (κ3) is 5.41. The molecular formula is C27H28F2. The number of halogens is 2. The maximum absolute atomic E-state index is 14.8. The largest absolute Gasteiger partial charge is 0.203 e. The summed E-state index contributed by atoms with van der Waals surface area (Å²) >= 11 is 0. The van der Waals surface area contributed by atoms with E-state index in [9.17, 15) is 8.78 Å². The molecule has 0 N–H and O–H groups in total. The zero-order chi connectivity index (χ0) is 20.6. The number of hydrogen-bond acceptors (Lipinski definition) is 0. The lowest BCUT2D eigenvalue weighted by atomic mass is 10.0. The third-order valence-electron chi connectivity index (χ3n) is 5.26. The zero-order valence-corrected chi connectivity index (χ0v) is 17.1. The number of aryl methyl sites for hydroxylation is 2. The molecule has 0 heterocycles. The number of benzene rings is 3. The van der Waals surface area contributed by atoms with Gasteiger partial charge < -0.3 is 0 Å². The first kappa shape index (κ1) is 21.0. The van der Waals surface area contributed by atoms with E-state index >= 15 is 0 Å². The highest BCUT2D eigenvalue weighted by Gasteiger charge is 2.12. The Kier molecular flexibility index (Phi) is 7.35. The molecule has 0 aliphatic rings. The Morgan fingerprint density at radius 3 is 2.10 bits per heavy atom. The molecule has 0 spiro atoms. The van der Waals surface area contributed by atoms with Gasteiger partial charge in [0.15, 0.2) is 11.7 Å². The highest BCUT2D eigenvalue weighted by Crippen LogP contribution is 2.31. The molecule has 29 heavy (non-hydrogen) atoms. The molecule has 0 saturated heterocycles. The van der Waals surface area contributed by atoms with E-state index in [2.05, 4.69) is 19.6 Å². The summed E-state index contributed by atoms with van der Waals surface area (Å²) in [6.45, 7) is 5.92. The van der Waals surface area contributed by atoms with Crippen LogP contribution in [0.1, 0.15) is 54.9 Å². The average Bonchev–Trinajstić information content (AvgIpc) is 2.77. The molecule has 0 amide bonds. The van der Waals surface area contributed by atoms with Crippen molar-refractivity contribution in [2.45, 2.75) is 45.4 Å². The predicted molar refractivity (Wildman–Crippen MR) is 121 cm³/mol. The Balaban J connectivity index is 1.81. The molecule has 0 atom stereocenters. The summed E-state index contributed by atoms with van der Waals surface area (Å²) in [4.78, 5) is 0. The normalized spacial score (nSPS) is 12.1. The number of fused-ring (bicyclic) bond motifs is 1. The topological polar surface area (TPSA) is 0 Å². The molecule has 0 unspecified atom stereocenters. The number of hydrogen-bond donors (Lipinski definition) is 0. The van der Waals surface area contributed by atoms with E-state index in [-0.39, 0.29) is 11.1 Å². The second kappa shape index (κ2) is 10.2. The molecule has 3 aromatic rings. The van der Waals surface area contributed by atoms with Crippen LogP contribution in [0.4, 0.5) is 8.78 Å². The maximum atomic E-state index is 14.8. The van der Waals surface area contributed by atoms with Crippen molar-refractivity contribution in [3.8, 4) is 0 Å². The summed E-state index contributed by atoms with van der Waals surface area (Å²) in [7, 11) is 0. The van der Waals surface area contributed by atoms with Crippen molar-refractivity contribution in [3.05, 3.63) is 95.6 Å². The van der Waals surface area contributed by atoms with Crippen LogP contribution in [0.2, 0.25) is 0 Å². The molecule has 0 fully saturated rings. The standard InChI is InChI=1S/C27H28F2/c1-3-5-7-9-20-10-13-22(14-11-20)26(28)27(29)25-17-16-23-18-21(8-6-4-2)12-15-24(23)19-25/h4,10-19H,2-3,5-9H2,1H3. The fraction of sp³-hybridized carbons (Fsp3) is 0.259. The van der Waals surface area contributed by atoms with Crippen molar-refractivity contribution in [2.24, 2.45) is 0 Å². The number of unbranched alkanes of at least 4 members (excludes halogenated alkanes) is 2. The summed E-state index contributed by atoms with van der Waals surface area (Å²) in [5, 5.41) is 1.93. The Morgan fingerprint density at radius 1 is 0.759 bits per heavy atom. The summed E-state index contributed by atoms with van der Waals surface area (Å²) in [6.07, 6.45) is 8.19. The number of rotatable bonds is 9. The first-order valence-electron chi connectivity index (χ1n) is 10.4. The second-order valence-electron chi connectivity index (χ2n) is 7.51. The fourth-order valence-electron chi connectivity index (χ4n) is 3.51. The van der Waals surface area contributed by atoms with Crippen molar-refractivity contribution < 1.29 is 8.78 Å². The lowest BCUT2D eigenvalue weighted by Crippen LogP contribution is -1.89. The molecule has 0 aromatic heterocycles. The zero-order valence-electron chi connectivity index (χ0n) is 17.1. The Morgan fingerprint density at radius 2 is 1.38 bits per heavy atom. The molecule has 3 aromatic carbocycles. The van der Waals surface area contributed by atoms with Gasteiger partial charge in [-0.1, -0.05) is 80.4 Å². The van der Waals surface area contributed by atoms with E-state index in [1.165, 1.54) is 18.4 Å². The molecule has 0 radical (unpaired) electrons.